The van der Waals surface area contributed by atoms with Crippen molar-refractivity contribution in [1.82, 2.24) is 9.97 Å². The highest BCUT2D eigenvalue weighted by molar-refractivity contribution is 6.31. The molecule has 0 fully saturated rings. The first-order valence-electron chi connectivity index (χ1n) is 14.6. The van der Waals surface area contributed by atoms with E-state index in [4.69, 9.17) is 21.6 Å². The van der Waals surface area contributed by atoms with Crippen molar-refractivity contribution in [2.24, 2.45) is 0 Å². The average Bonchev–Trinajstić information content (AvgIpc) is 3.00. The molecule has 0 unspecified atom stereocenters. The normalized spacial score (nSPS) is 11.0. The molecule has 0 N–H and O–H groups in total. The summed E-state index contributed by atoms with van der Waals surface area (Å²) >= 11 is 6.03. The van der Waals surface area contributed by atoms with E-state index in [-0.39, 0.29) is 5.82 Å². The predicted molar refractivity (Wildman–Crippen MR) is 184 cm³/mol. The van der Waals surface area contributed by atoms with Crippen molar-refractivity contribution < 1.29 is 4.39 Å². The Morgan fingerprint density at radius 2 is 0.864 bits per heavy atom. The maximum Gasteiger partial charge on any atom is 0.123 e. The Hall–Kier alpha value is -4.86. The number of nitrogens with zero attached hydrogens (tertiary/aromatic N) is 2. The summed E-state index contributed by atoms with van der Waals surface area (Å²) in [6.07, 6.45) is 0. The zero-order valence-corrected chi connectivity index (χ0v) is 26.0. The largest absolute Gasteiger partial charge is 0.248 e. The van der Waals surface area contributed by atoms with Crippen molar-refractivity contribution >= 4 is 33.4 Å². The molecule has 216 valence electrons. The third-order valence-electron chi connectivity index (χ3n) is 7.56. The molecule has 5 aromatic carbocycles. The van der Waals surface area contributed by atoms with Crippen LogP contribution in [0.1, 0.15) is 22.3 Å². The Labute approximate surface area is 262 Å². The minimum atomic E-state index is -0.222. The second kappa shape index (κ2) is 12.4. The van der Waals surface area contributed by atoms with E-state index < -0.39 is 0 Å². The van der Waals surface area contributed by atoms with Gasteiger partial charge in [-0.15, -0.1) is 0 Å². The van der Waals surface area contributed by atoms with Gasteiger partial charge in [0.05, 0.1) is 22.4 Å². The number of hydrogen-bond acceptors (Lipinski definition) is 2. The van der Waals surface area contributed by atoms with Gasteiger partial charge in [0.1, 0.15) is 5.82 Å². The zero-order chi connectivity index (χ0) is 30.8. The highest BCUT2D eigenvalue weighted by Crippen LogP contribution is 2.28. The molecule has 2 heterocycles. The van der Waals surface area contributed by atoms with Crippen molar-refractivity contribution in [2.45, 2.75) is 27.7 Å². The van der Waals surface area contributed by atoms with Crippen LogP contribution in [0.15, 0.2) is 121 Å². The van der Waals surface area contributed by atoms with Crippen LogP contribution in [0.4, 0.5) is 4.39 Å². The van der Waals surface area contributed by atoms with E-state index in [0.717, 1.165) is 60.5 Å². The van der Waals surface area contributed by atoms with Crippen LogP contribution in [0, 0.1) is 33.5 Å². The quantitative estimate of drug-likeness (QED) is 0.203. The van der Waals surface area contributed by atoms with E-state index in [1.54, 1.807) is 12.1 Å². The molecule has 2 aromatic heterocycles. The fourth-order valence-corrected chi connectivity index (χ4v) is 5.76. The Morgan fingerprint density at radius 1 is 0.432 bits per heavy atom. The van der Waals surface area contributed by atoms with Crippen molar-refractivity contribution in [1.29, 1.82) is 0 Å². The lowest BCUT2D eigenvalue weighted by Crippen LogP contribution is -1.88. The Kier molecular flexibility index (Phi) is 8.23. The van der Waals surface area contributed by atoms with Gasteiger partial charge in [-0.25, -0.2) is 14.4 Å². The van der Waals surface area contributed by atoms with Crippen LogP contribution in [0.3, 0.4) is 0 Å². The van der Waals surface area contributed by atoms with Crippen LogP contribution in [-0.4, -0.2) is 9.97 Å². The molecule has 4 heteroatoms. The summed E-state index contributed by atoms with van der Waals surface area (Å²) in [5.74, 6) is -0.222. The Bertz CT molecular complexity index is 2090. The van der Waals surface area contributed by atoms with E-state index in [2.05, 4.69) is 100 Å². The maximum absolute atomic E-state index is 13.1. The van der Waals surface area contributed by atoms with Crippen molar-refractivity contribution in [3.63, 3.8) is 0 Å². The minimum Gasteiger partial charge on any atom is -0.248 e. The molecule has 2 nitrogen and oxygen atoms in total. The molecule has 0 radical (unpaired) electrons. The van der Waals surface area contributed by atoms with Crippen LogP contribution in [0.2, 0.25) is 5.02 Å². The number of benzene rings is 5. The topological polar surface area (TPSA) is 25.8 Å². The van der Waals surface area contributed by atoms with Gasteiger partial charge in [0.2, 0.25) is 0 Å². The third kappa shape index (κ3) is 6.69. The lowest BCUT2D eigenvalue weighted by Gasteiger charge is -2.08. The summed E-state index contributed by atoms with van der Waals surface area (Å²) in [5, 5.41) is 2.93. The second-order valence-corrected chi connectivity index (χ2v) is 11.8. The van der Waals surface area contributed by atoms with E-state index >= 15 is 0 Å². The lowest BCUT2D eigenvalue weighted by atomic mass is 10.0. The molecular weight excluding hydrogens is 563 g/mol. The van der Waals surface area contributed by atoms with Gasteiger partial charge >= 0.3 is 0 Å². The predicted octanol–water partition coefficient (Wildman–Crippen LogP) is 11.5. The van der Waals surface area contributed by atoms with Crippen LogP contribution in [0.25, 0.3) is 55.4 Å². The Morgan fingerprint density at radius 3 is 1.39 bits per heavy atom. The fourth-order valence-electron chi connectivity index (χ4n) is 5.60. The van der Waals surface area contributed by atoms with Gasteiger partial charge in [0.25, 0.3) is 0 Å². The van der Waals surface area contributed by atoms with Crippen LogP contribution in [0.5, 0.6) is 0 Å². The number of fused-ring (bicyclic) bond motifs is 2. The molecule has 0 aliphatic heterocycles. The summed E-state index contributed by atoms with van der Waals surface area (Å²) in [6.45, 7) is 8.41. The molecule has 0 saturated carbocycles. The summed E-state index contributed by atoms with van der Waals surface area (Å²) in [7, 11) is 0. The minimum absolute atomic E-state index is 0.222. The summed E-state index contributed by atoms with van der Waals surface area (Å²) in [6, 6.07) is 39.8. The highest BCUT2D eigenvalue weighted by Gasteiger charge is 2.06. The van der Waals surface area contributed by atoms with Crippen LogP contribution >= 0.6 is 11.6 Å². The van der Waals surface area contributed by atoms with Gasteiger partial charge in [-0.1, -0.05) is 88.5 Å². The summed E-state index contributed by atoms with van der Waals surface area (Å²) in [5.41, 5.74) is 13.1. The fraction of sp³-hybridized carbons (Fsp3) is 0.100. The van der Waals surface area contributed by atoms with Gasteiger partial charge in [0.15, 0.2) is 0 Å². The summed E-state index contributed by atoms with van der Waals surface area (Å²) in [4.78, 5) is 9.56. The van der Waals surface area contributed by atoms with E-state index in [0.29, 0.717) is 0 Å². The number of hydrogen-bond donors (Lipinski definition) is 0. The third-order valence-corrected chi connectivity index (χ3v) is 7.79. The van der Waals surface area contributed by atoms with Gasteiger partial charge < -0.3 is 0 Å². The van der Waals surface area contributed by atoms with Gasteiger partial charge in [-0.05, 0) is 106 Å². The first-order valence-corrected chi connectivity index (χ1v) is 15.0. The highest BCUT2D eigenvalue weighted by atomic mass is 35.5. The molecule has 7 rings (SSSR count). The molecule has 0 atom stereocenters. The number of pyridine rings is 2. The Balaban J connectivity index is 0.000000162. The van der Waals surface area contributed by atoms with Gasteiger partial charge in [-0.3, -0.25) is 0 Å². The lowest BCUT2D eigenvalue weighted by molar-refractivity contribution is 0.628. The molecule has 0 aliphatic rings. The van der Waals surface area contributed by atoms with Crippen LogP contribution in [-0.2, 0) is 0 Å². The molecule has 0 amide bonds. The number of halogens is 2. The molecular formula is C40H32ClFN2. The van der Waals surface area contributed by atoms with Crippen LogP contribution < -0.4 is 0 Å². The second-order valence-electron chi connectivity index (χ2n) is 11.4. The number of rotatable bonds is 3. The van der Waals surface area contributed by atoms with Crippen molar-refractivity contribution in [2.75, 3.05) is 0 Å². The van der Waals surface area contributed by atoms with E-state index in [1.165, 1.54) is 34.4 Å². The number of aryl methyl sites for hydroxylation is 4. The number of aromatic nitrogens is 2. The molecule has 0 saturated heterocycles. The molecule has 44 heavy (non-hydrogen) atoms. The summed E-state index contributed by atoms with van der Waals surface area (Å²) < 4.78 is 13.1. The maximum atomic E-state index is 13.1. The van der Waals surface area contributed by atoms with Crippen molar-refractivity contribution in [3.8, 4) is 33.6 Å². The standard InChI is InChI=1S/C23H18FN.C17H14ClN/c1-15-11-16(2)13-20(12-15)22-10-7-18-3-4-19(14-23(18)25-22)17-5-8-21(24)9-6-17;1-11-7-12(2)9-14(8-11)16-6-4-13-3-5-15(18)10-17(13)19-16/h3-14H,1-2H3;3-10H,1-2H3. The molecule has 7 aromatic rings. The SMILES string of the molecule is Cc1cc(C)cc(-c2ccc3ccc(-c4ccc(F)cc4)cc3n2)c1.Cc1cc(C)cc(-c2ccc3ccc(Cl)cc3n2)c1. The van der Waals surface area contributed by atoms with Gasteiger partial charge in [-0.2, -0.15) is 0 Å². The first kappa shape index (κ1) is 29.2. The smallest absolute Gasteiger partial charge is 0.123 e. The monoisotopic (exact) mass is 594 g/mol. The molecule has 0 aliphatic carbocycles. The van der Waals surface area contributed by atoms with E-state index in [1.807, 2.05) is 24.3 Å². The van der Waals surface area contributed by atoms with Crippen molar-refractivity contribution in [3.05, 3.63) is 154 Å². The molecule has 0 spiro atoms. The van der Waals surface area contributed by atoms with Gasteiger partial charge in [0, 0.05) is 26.9 Å². The average molecular weight is 595 g/mol. The van der Waals surface area contributed by atoms with E-state index in [9.17, 15) is 4.39 Å². The zero-order valence-electron chi connectivity index (χ0n) is 25.2. The first-order chi connectivity index (χ1) is 21.2. The molecule has 0 bridgehead atoms.